The lowest BCUT2D eigenvalue weighted by Gasteiger charge is -2.24. The van der Waals surface area contributed by atoms with Crippen LogP contribution in [0.1, 0.15) is 35.6 Å². The van der Waals surface area contributed by atoms with Crippen molar-refractivity contribution in [1.82, 2.24) is 9.55 Å². The van der Waals surface area contributed by atoms with Crippen LogP contribution in [-0.4, -0.2) is 26.7 Å². The van der Waals surface area contributed by atoms with Gasteiger partial charge in [0.2, 0.25) is 0 Å². The van der Waals surface area contributed by atoms with Crippen LogP contribution >= 0.6 is 0 Å². The van der Waals surface area contributed by atoms with Gasteiger partial charge in [0.1, 0.15) is 5.82 Å². The number of aromatic nitrogens is 2. The zero-order valence-electron chi connectivity index (χ0n) is 18.0. The van der Waals surface area contributed by atoms with Gasteiger partial charge in [0.15, 0.2) is 6.10 Å². The van der Waals surface area contributed by atoms with Gasteiger partial charge in [0, 0.05) is 12.4 Å². The number of nitrogens with two attached hydrogens (primary N) is 1. The van der Waals surface area contributed by atoms with Gasteiger partial charge in [-0.15, -0.1) is 0 Å². The van der Waals surface area contributed by atoms with E-state index in [1.165, 1.54) is 18.2 Å². The molecule has 180 valence electrons. The molecule has 0 spiro atoms. The molecule has 1 heterocycles. The second kappa shape index (κ2) is 11.1. The van der Waals surface area contributed by atoms with E-state index < -0.39 is 35.7 Å². The molecule has 10 heteroatoms. The number of halogens is 4. The van der Waals surface area contributed by atoms with Crippen LogP contribution in [0, 0.1) is 5.82 Å². The Bertz CT molecular complexity index is 1110. The van der Waals surface area contributed by atoms with Crippen molar-refractivity contribution in [3.8, 4) is 0 Å². The number of imidazole rings is 1. The molecular weight excluding hydrogens is 454 g/mol. The molecule has 6 nitrogen and oxygen atoms in total. The maximum Gasteiger partial charge on any atom is 0.416 e. The van der Waals surface area contributed by atoms with Gasteiger partial charge in [-0.1, -0.05) is 30.3 Å². The average Bonchev–Trinajstić information content (AvgIpc) is 3.33. The molecule has 0 radical (unpaired) electrons. The maximum absolute atomic E-state index is 13.4. The number of benzene rings is 2. The van der Waals surface area contributed by atoms with Crippen molar-refractivity contribution in [2.45, 2.75) is 37.6 Å². The third-order valence-electron chi connectivity index (χ3n) is 5.34. The molecule has 2 atom stereocenters. The fourth-order valence-electron chi connectivity index (χ4n) is 3.63. The number of carboxylic acids is 1. The van der Waals surface area contributed by atoms with Crippen LogP contribution in [0.3, 0.4) is 0 Å². The van der Waals surface area contributed by atoms with Crippen molar-refractivity contribution >= 4 is 11.5 Å². The topological polar surface area (TPSA) is 90.4 Å². The highest BCUT2D eigenvalue weighted by Crippen LogP contribution is 2.36. The number of nitrogens with zero attached hydrogens (tertiary/aromatic N) is 2. The van der Waals surface area contributed by atoms with E-state index in [9.17, 15) is 22.4 Å². The van der Waals surface area contributed by atoms with Crippen LogP contribution < -0.4 is 5.90 Å². The zero-order valence-corrected chi connectivity index (χ0v) is 18.0. The highest BCUT2D eigenvalue weighted by Gasteiger charge is 2.31. The number of carbonyl (C=O) groups is 1. The first kappa shape index (κ1) is 25.1. The molecule has 0 saturated heterocycles. The smallest absolute Gasteiger partial charge is 0.416 e. The Kier molecular flexibility index (Phi) is 8.19. The largest absolute Gasteiger partial charge is 0.479 e. The van der Waals surface area contributed by atoms with Crippen molar-refractivity contribution in [2.75, 3.05) is 0 Å². The number of allylic oxidation sites excluding steroid dienone is 2. The van der Waals surface area contributed by atoms with E-state index in [0.717, 1.165) is 17.7 Å². The molecule has 0 amide bonds. The molecule has 0 aliphatic heterocycles. The first-order chi connectivity index (χ1) is 16.2. The number of hydrogen-bond donors (Lipinski definition) is 2. The minimum atomic E-state index is -4.54. The molecule has 3 N–H and O–H groups in total. The normalized spacial score (nSPS) is 14.1. The summed E-state index contributed by atoms with van der Waals surface area (Å²) in [5.41, 5.74) is 0.785. The third kappa shape index (κ3) is 6.52. The Morgan fingerprint density at radius 3 is 2.53 bits per heavy atom. The minimum Gasteiger partial charge on any atom is -0.479 e. The van der Waals surface area contributed by atoms with Gasteiger partial charge in [0.05, 0.1) is 17.9 Å². The van der Waals surface area contributed by atoms with Crippen molar-refractivity contribution < 1.29 is 32.3 Å². The Balaban J connectivity index is 2.05. The molecule has 34 heavy (non-hydrogen) atoms. The van der Waals surface area contributed by atoms with Crippen LogP contribution in [0.2, 0.25) is 0 Å². The van der Waals surface area contributed by atoms with E-state index in [1.807, 2.05) is 0 Å². The predicted molar refractivity (Wildman–Crippen MR) is 117 cm³/mol. The van der Waals surface area contributed by atoms with E-state index in [4.69, 9.17) is 11.0 Å². The highest BCUT2D eigenvalue weighted by molar-refractivity contribution is 5.72. The lowest BCUT2D eigenvalue weighted by molar-refractivity contribution is -0.151. The van der Waals surface area contributed by atoms with Crippen LogP contribution in [-0.2, 0) is 22.2 Å². The fourth-order valence-corrected chi connectivity index (χ4v) is 3.63. The molecule has 0 saturated carbocycles. The molecule has 0 fully saturated rings. The van der Waals surface area contributed by atoms with E-state index in [2.05, 4.69) is 9.82 Å². The average molecular weight is 477 g/mol. The van der Waals surface area contributed by atoms with Crippen LogP contribution in [0.25, 0.3) is 5.57 Å². The summed E-state index contributed by atoms with van der Waals surface area (Å²) in [6.07, 6.45) is 1.16. The van der Waals surface area contributed by atoms with Crippen molar-refractivity contribution in [2.24, 2.45) is 5.90 Å². The number of aliphatic carboxylic acids is 1. The molecule has 3 aromatic rings. The van der Waals surface area contributed by atoms with Crippen molar-refractivity contribution in [3.63, 3.8) is 0 Å². The van der Waals surface area contributed by atoms with Gasteiger partial charge in [-0.3, -0.25) is 4.84 Å². The third-order valence-corrected chi connectivity index (χ3v) is 5.34. The molecule has 0 aliphatic rings. The van der Waals surface area contributed by atoms with Crippen molar-refractivity contribution in [1.29, 1.82) is 0 Å². The van der Waals surface area contributed by atoms with Gasteiger partial charge < -0.3 is 9.67 Å². The first-order valence-electron chi connectivity index (χ1n) is 10.4. The molecule has 0 bridgehead atoms. The number of hydrogen-bond acceptors (Lipinski definition) is 4. The standard InChI is InChI=1S/C24H23F4N3O3/c25-19-9-7-16(8-10-19)13-21(31-12-11-30-15-31)20(5-2-6-22(34-29)23(32)33)17-3-1-4-18(14-17)24(26,27)28/h1,3-5,7-12,14-15,21-22H,2,6,13,29H2,(H,32,33). The number of alkyl halides is 3. The number of carboxylic acid groups (broad SMARTS) is 1. The van der Waals surface area contributed by atoms with Crippen LogP contribution in [0.15, 0.2) is 73.3 Å². The van der Waals surface area contributed by atoms with Gasteiger partial charge in [0.25, 0.3) is 0 Å². The summed E-state index contributed by atoms with van der Waals surface area (Å²) in [5, 5.41) is 9.16. The van der Waals surface area contributed by atoms with E-state index >= 15 is 0 Å². The summed E-state index contributed by atoms with van der Waals surface area (Å²) in [5.74, 6) is 3.40. The highest BCUT2D eigenvalue weighted by atomic mass is 19.4. The summed E-state index contributed by atoms with van der Waals surface area (Å²) in [4.78, 5) is 19.8. The summed E-state index contributed by atoms with van der Waals surface area (Å²) >= 11 is 0. The molecule has 2 aromatic carbocycles. The first-order valence-corrected chi connectivity index (χ1v) is 10.4. The van der Waals surface area contributed by atoms with Gasteiger partial charge in [-0.2, -0.15) is 13.2 Å². The Hall–Kier alpha value is -3.50. The quantitative estimate of drug-likeness (QED) is 0.316. The van der Waals surface area contributed by atoms with Crippen LogP contribution in [0.4, 0.5) is 17.6 Å². The van der Waals surface area contributed by atoms with Crippen LogP contribution in [0.5, 0.6) is 0 Å². The Labute approximate surface area is 193 Å². The molecule has 1 aromatic heterocycles. The monoisotopic (exact) mass is 477 g/mol. The molecule has 3 rings (SSSR count). The SMILES string of the molecule is NOC(CCC=C(c1cccc(C(F)(F)F)c1)C(Cc1ccc(F)cc1)n1ccnc1)C(=O)O. The summed E-state index contributed by atoms with van der Waals surface area (Å²) in [6, 6.07) is 10.2. The molecular formula is C24H23F4N3O3. The second-order valence-electron chi connectivity index (χ2n) is 7.63. The zero-order chi connectivity index (χ0) is 24.7. The summed E-state index contributed by atoms with van der Waals surface area (Å²) in [7, 11) is 0. The van der Waals surface area contributed by atoms with E-state index in [0.29, 0.717) is 17.6 Å². The minimum absolute atomic E-state index is 0.0154. The lowest BCUT2D eigenvalue weighted by atomic mass is 9.90. The maximum atomic E-state index is 13.4. The fraction of sp³-hybridized carbons (Fsp3) is 0.250. The Morgan fingerprint density at radius 2 is 1.94 bits per heavy atom. The van der Waals surface area contributed by atoms with Gasteiger partial charge >= 0.3 is 12.1 Å². The van der Waals surface area contributed by atoms with Gasteiger partial charge in [-0.25, -0.2) is 20.1 Å². The Morgan fingerprint density at radius 1 is 1.21 bits per heavy atom. The second-order valence-corrected chi connectivity index (χ2v) is 7.63. The molecule has 2 unspecified atom stereocenters. The summed E-state index contributed by atoms with van der Waals surface area (Å²) in [6.45, 7) is 0. The summed E-state index contributed by atoms with van der Waals surface area (Å²) < 4.78 is 55.4. The molecule has 0 aliphatic carbocycles. The lowest BCUT2D eigenvalue weighted by Crippen LogP contribution is -2.26. The van der Waals surface area contributed by atoms with E-state index in [-0.39, 0.29) is 12.8 Å². The number of rotatable bonds is 10. The van der Waals surface area contributed by atoms with Crippen molar-refractivity contribution in [3.05, 3.63) is 95.8 Å². The van der Waals surface area contributed by atoms with E-state index in [1.54, 1.807) is 47.6 Å². The predicted octanol–water partition coefficient (Wildman–Crippen LogP) is 5.03. The van der Waals surface area contributed by atoms with Gasteiger partial charge in [-0.05, 0) is 60.2 Å².